The lowest BCUT2D eigenvalue weighted by Gasteiger charge is -2.18. The molecular weight excluding hydrogens is 248 g/mol. The van der Waals surface area contributed by atoms with Crippen LogP contribution in [0.15, 0.2) is 18.2 Å². The molecule has 0 bridgehead atoms. The number of fused-ring (bicyclic) bond motifs is 1. The van der Waals surface area contributed by atoms with E-state index in [1.165, 1.54) is 0 Å². The third-order valence-corrected chi connectivity index (χ3v) is 2.85. The van der Waals surface area contributed by atoms with Gasteiger partial charge in [0.1, 0.15) is 24.7 Å². The van der Waals surface area contributed by atoms with Crippen molar-refractivity contribution in [3.63, 3.8) is 0 Å². The number of carbonyl (C=O) groups is 1. The predicted octanol–water partition coefficient (Wildman–Crippen LogP) is 1.85. The second-order valence-corrected chi connectivity index (χ2v) is 4.21. The van der Waals surface area contributed by atoms with Crippen LogP contribution in [-0.4, -0.2) is 34.3 Å². The molecule has 1 aromatic carbocycles. The van der Waals surface area contributed by atoms with Crippen molar-refractivity contribution in [1.29, 1.82) is 0 Å². The second-order valence-electron chi connectivity index (χ2n) is 4.21. The van der Waals surface area contributed by atoms with E-state index in [4.69, 9.17) is 14.6 Å². The summed E-state index contributed by atoms with van der Waals surface area (Å²) in [5.41, 5.74) is 1.17. The smallest absolute Gasteiger partial charge is 0.354 e. The van der Waals surface area contributed by atoms with Gasteiger partial charge in [-0.1, -0.05) is 0 Å². The van der Waals surface area contributed by atoms with Gasteiger partial charge in [0.25, 0.3) is 0 Å². The van der Waals surface area contributed by atoms with Crippen molar-refractivity contribution in [3.05, 3.63) is 29.7 Å². The minimum Gasteiger partial charge on any atom is -0.486 e. The van der Waals surface area contributed by atoms with Crippen molar-refractivity contribution in [1.82, 2.24) is 9.97 Å². The van der Waals surface area contributed by atoms with Crippen LogP contribution in [0.3, 0.4) is 0 Å². The van der Waals surface area contributed by atoms with Gasteiger partial charge in [0.15, 0.2) is 17.2 Å². The topological polar surface area (TPSA) is 84.4 Å². The zero-order chi connectivity index (χ0) is 13.4. The van der Waals surface area contributed by atoms with Gasteiger partial charge < -0.3 is 19.6 Å². The highest BCUT2D eigenvalue weighted by molar-refractivity contribution is 5.93. The molecule has 98 valence electrons. The van der Waals surface area contributed by atoms with Crippen molar-refractivity contribution in [2.24, 2.45) is 0 Å². The fourth-order valence-corrected chi connectivity index (χ4v) is 2.05. The maximum Gasteiger partial charge on any atom is 0.354 e. The molecule has 1 aromatic heterocycles. The molecule has 6 nitrogen and oxygen atoms in total. The van der Waals surface area contributed by atoms with E-state index in [2.05, 4.69) is 9.97 Å². The maximum absolute atomic E-state index is 11.2. The SMILES string of the molecule is Cc1nc(-c2ccc3c(c2)OCCO3)c(C(=O)O)[nH]1. The lowest BCUT2D eigenvalue weighted by atomic mass is 10.1. The Morgan fingerprint density at radius 2 is 2.05 bits per heavy atom. The molecule has 0 fully saturated rings. The van der Waals surface area contributed by atoms with Gasteiger partial charge in [-0.3, -0.25) is 0 Å². The number of hydrogen-bond donors (Lipinski definition) is 2. The van der Waals surface area contributed by atoms with Crippen molar-refractivity contribution < 1.29 is 19.4 Å². The third kappa shape index (κ3) is 2.01. The largest absolute Gasteiger partial charge is 0.486 e. The third-order valence-electron chi connectivity index (χ3n) is 2.85. The first-order chi connectivity index (χ1) is 9.15. The van der Waals surface area contributed by atoms with Crippen molar-refractivity contribution in [2.45, 2.75) is 6.92 Å². The average molecular weight is 260 g/mol. The normalized spacial score (nSPS) is 13.3. The highest BCUT2D eigenvalue weighted by atomic mass is 16.6. The molecule has 1 aliphatic rings. The fraction of sp³-hybridized carbons (Fsp3) is 0.231. The van der Waals surface area contributed by atoms with Gasteiger partial charge in [-0.05, 0) is 25.1 Å². The first-order valence-corrected chi connectivity index (χ1v) is 5.85. The molecule has 2 N–H and O–H groups in total. The molecule has 0 radical (unpaired) electrons. The minimum absolute atomic E-state index is 0.0779. The van der Waals surface area contributed by atoms with E-state index in [-0.39, 0.29) is 5.69 Å². The van der Waals surface area contributed by atoms with E-state index in [0.717, 1.165) is 0 Å². The summed E-state index contributed by atoms with van der Waals surface area (Å²) in [6, 6.07) is 5.28. The van der Waals surface area contributed by atoms with Gasteiger partial charge in [0.2, 0.25) is 0 Å². The molecule has 0 unspecified atom stereocenters. The molecule has 0 saturated heterocycles. The van der Waals surface area contributed by atoms with Crippen molar-refractivity contribution in [2.75, 3.05) is 13.2 Å². The number of H-pyrrole nitrogens is 1. The second kappa shape index (κ2) is 4.31. The van der Waals surface area contributed by atoms with Crippen LogP contribution in [0.2, 0.25) is 0 Å². The molecule has 0 aliphatic carbocycles. The number of imidazole rings is 1. The summed E-state index contributed by atoms with van der Waals surface area (Å²) in [5, 5.41) is 9.15. The summed E-state index contributed by atoms with van der Waals surface area (Å²) in [6.07, 6.45) is 0. The number of benzene rings is 1. The molecule has 0 amide bonds. The Balaban J connectivity index is 2.09. The molecule has 0 atom stereocenters. The van der Waals surface area contributed by atoms with Crippen LogP contribution in [0, 0.1) is 6.92 Å². The summed E-state index contributed by atoms with van der Waals surface area (Å²) in [5.74, 6) is 0.799. The average Bonchev–Trinajstić information content (AvgIpc) is 2.80. The number of nitrogens with one attached hydrogen (secondary N) is 1. The van der Waals surface area contributed by atoms with E-state index < -0.39 is 5.97 Å². The molecule has 0 spiro atoms. The van der Waals surface area contributed by atoms with Gasteiger partial charge >= 0.3 is 5.97 Å². The zero-order valence-electron chi connectivity index (χ0n) is 10.3. The number of aromatic amines is 1. The highest BCUT2D eigenvalue weighted by Gasteiger charge is 2.19. The lowest BCUT2D eigenvalue weighted by Crippen LogP contribution is -2.15. The zero-order valence-corrected chi connectivity index (χ0v) is 10.3. The van der Waals surface area contributed by atoms with Crippen molar-refractivity contribution in [3.8, 4) is 22.8 Å². The maximum atomic E-state index is 11.2. The number of nitrogens with zero attached hydrogens (tertiary/aromatic N) is 1. The van der Waals surface area contributed by atoms with Gasteiger partial charge in [0, 0.05) is 5.56 Å². The van der Waals surface area contributed by atoms with Gasteiger partial charge in [-0.15, -0.1) is 0 Å². The Labute approximate surface area is 109 Å². The summed E-state index contributed by atoms with van der Waals surface area (Å²) >= 11 is 0. The predicted molar refractivity (Wildman–Crippen MR) is 66.7 cm³/mol. The van der Waals surface area contributed by atoms with E-state index in [0.29, 0.717) is 41.8 Å². The van der Waals surface area contributed by atoms with Crippen LogP contribution < -0.4 is 9.47 Å². The van der Waals surface area contributed by atoms with E-state index >= 15 is 0 Å². The number of carboxylic acids is 1. The molecule has 0 saturated carbocycles. The Bertz CT molecular complexity index is 648. The summed E-state index contributed by atoms with van der Waals surface area (Å²) < 4.78 is 10.9. The number of carboxylic acid groups (broad SMARTS) is 1. The fourth-order valence-electron chi connectivity index (χ4n) is 2.05. The van der Waals surface area contributed by atoms with Crippen molar-refractivity contribution >= 4 is 5.97 Å². The van der Waals surface area contributed by atoms with Crippen LogP contribution >= 0.6 is 0 Å². The van der Waals surface area contributed by atoms with E-state index in [1.807, 2.05) is 0 Å². The van der Waals surface area contributed by atoms with Crippen LogP contribution in [0.4, 0.5) is 0 Å². The van der Waals surface area contributed by atoms with E-state index in [9.17, 15) is 4.79 Å². The summed E-state index contributed by atoms with van der Waals surface area (Å²) in [7, 11) is 0. The van der Waals surface area contributed by atoms with Gasteiger partial charge in [-0.2, -0.15) is 0 Å². The van der Waals surface area contributed by atoms with Crippen LogP contribution in [0.1, 0.15) is 16.3 Å². The Kier molecular flexibility index (Phi) is 2.63. The molecule has 1 aliphatic heterocycles. The highest BCUT2D eigenvalue weighted by Crippen LogP contribution is 2.34. The molecular formula is C13H12N2O4. The first kappa shape index (κ1) is 11.6. The number of rotatable bonds is 2. The molecule has 19 heavy (non-hydrogen) atoms. The van der Waals surface area contributed by atoms with Gasteiger partial charge in [-0.25, -0.2) is 9.78 Å². The Morgan fingerprint density at radius 1 is 1.32 bits per heavy atom. The number of ether oxygens (including phenoxy) is 2. The van der Waals surface area contributed by atoms with Gasteiger partial charge in [0.05, 0.1) is 0 Å². The Morgan fingerprint density at radius 3 is 2.79 bits per heavy atom. The van der Waals surface area contributed by atoms with Crippen LogP contribution in [0.25, 0.3) is 11.3 Å². The molecule has 6 heteroatoms. The first-order valence-electron chi connectivity index (χ1n) is 5.85. The van der Waals surface area contributed by atoms with Crippen LogP contribution in [0.5, 0.6) is 11.5 Å². The number of aromatic carboxylic acids is 1. The monoisotopic (exact) mass is 260 g/mol. The molecule has 3 rings (SSSR count). The quantitative estimate of drug-likeness (QED) is 0.860. The standard InChI is InChI=1S/C13H12N2O4/c1-7-14-11(12(15-7)13(16)17)8-2-3-9-10(6-8)19-5-4-18-9/h2-3,6H,4-5H2,1H3,(H,14,15)(H,16,17). The number of aromatic nitrogens is 2. The summed E-state index contributed by atoms with van der Waals surface area (Å²) in [4.78, 5) is 18.1. The number of aryl methyl sites for hydroxylation is 1. The van der Waals surface area contributed by atoms with Crippen LogP contribution in [-0.2, 0) is 0 Å². The van der Waals surface area contributed by atoms with E-state index in [1.54, 1.807) is 25.1 Å². The summed E-state index contributed by atoms with van der Waals surface area (Å²) in [6.45, 7) is 2.73. The molecule has 2 aromatic rings. The number of hydrogen-bond acceptors (Lipinski definition) is 4. The minimum atomic E-state index is -1.04. The molecule has 2 heterocycles. The Hall–Kier alpha value is -2.50. The lowest BCUT2D eigenvalue weighted by molar-refractivity contribution is 0.0692.